The number of hydrogen-bond acceptors (Lipinski definition) is 4. The predicted octanol–water partition coefficient (Wildman–Crippen LogP) is 4.26. The molecular weight excluding hydrogens is 396 g/mol. The van der Waals surface area contributed by atoms with Crippen molar-refractivity contribution in [1.29, 1.82) is 0 Å². The summed E-state index contributed by atoms with van der Waals surface area (Å²) < 4.78 is 6.03. The Morgan fingerprint density at radius 3 is 2.29 bits per heavy atom. The maximum absolute atomic E-state index is 13.0. The molecule has 164 valence electrons. The third-order valence-electron chi connectivity index (χ3n) is 6.11. The number of β-lactam (4-membered cyclic amide) rings is 1. The highest BCUT2D eigenvalue weighted by molar-refractivity contribution is 6.03. The molecule has 2 N–H and O–H groups in total. The number of carbonyl (C=O) groups excluding carboxylic acids is 2. The van der Waals surface area contributed by atoms with Crippen molar-refractivity contribution in [1.82, 2.24) is 10.2 Å². The Morgan fingerprint density at radius 2 is 1.74 bits per heavy atom. The molecule has 1 unspecified atom stereocenters. The van der Waals surface area contributed by atoms with Crippen LogP contribution in [0.15, 0.2) is 42.5 Å². The number of urea groups is 1. The number of rotatable bonds is 7. The van der Waals surface area contributed by atoms with E-state index in [2.05, 4.69) is 5.32 Å². The van der Waals surface area contributed by atoms with Gasteiger partial charge in [0, 0.05) is 6.54 Å². The topological polar surface area (TPSA) is 95.9 Å². The van der Waals surface area contributed by atoms with Gasteiger partial charge in [0.15, 0.2) is 6.23 Å². The van der Waals surface area contributed by atoms with Crippen molar-refractivity contribution < 1.29 is 24.2 Å². The second kappa shape index (κ2) is 8.79. The molecular formula is C24H28N2O5. The summed E-state index contributed by atoms with van der Waals surface area (Å²) in [6.45, 7) is 8.09. The van der Waals surface area contributed by atoms with E-state index in [1.165, 1.54) is 24.3 Å². The Kier molecular flexibility index (Phi) is 6.34. The Labute approximate surface area is 182 Å². The van der Waals surface area contributed by atoms with Gasteiger partial charge in [-0.2, -0.15) is 0 Å². The first-order chi connectivity index (χ1) is 14.7. The monoisotopic (exact) mass is 424 g/mol. The van der Waals surface area contributed by atoms with E-state index in [0.29, 0.717) is 25.1 Å². The van der Waals surface area contributed by atoms with Crippen LogP contribution in [-0.4, -0.2) is 34.1 Å². The lowest BCUT2D eigenvalue weighted by Gasteiger charge is -2.53. The van der Waals surface area contributed by atoms with Gasteiger partial charge in [-0.05, 0) is 62.1 Å². The predicted molar refractivity (Wildman–Crippen MR) is 116 cm³/mol. The zero-order valence-electron chi connectivity index (χ0n) is 18.3. The van der Waals surface area contributed by atoms with Gasteiger partial charge in [-0.1, -0.05) is 37.6 Å². The number of nitrogens with one attached hydrogen (secondary N) is 1. The number of aromatic carboxylic acids is 1. The highest BCUT2D eigenvalue weighted by Crippen LogP contribution is 2.46. The molecule has 1 aliphatic rings. The molecule has 1 saturated heterocycles. The molecule has 31 heavy (non-hydrogen) atoms. The molecule has 1 fully saturated rings. The molecule has 0 saturated carbocycles. The van der Waals surface area contributed by atoms with Crippen molar-refractivity contribution in [3.8, 4) is 5.75 Å². The lowest BCUT2D eigenvalue weighted by atomic mass is 9.72. The minimum Gasteiger partial charge on any atom is -0.478 e. The first-order valence-electron chi connectivity index (χ1n) is 10.4. The minimum atomic E-state index is -1.03. The van der Waals surface area contributed by atoms with Crippen LogP contribution in [0, 0.1) is 19.3 Å². The summed E-state index contributed by atoms with van der Waals surface area (Å²) >= 11 is 0. The minimum absolute atomic E-state index is 0.136. The Bertz CT molecular complexity index is 996. The highest BCUT2D eigenvalue weighted by Gasteiger charge is 2.62. The summed E-state index contributed by atoms with van der Waals surface area (Å²) in [5.74, 6) is -0.891. The third kappa shape index (κ3) is 4.13. The van der Waals surface area contributed by atoms with Crippen molar-refractivity contribution in [3.63, 3.8) is 0 Å². The molecule has 3 rings (SSSR count). The second-order valence-corrected chi connectivity index (χ2v) is 7.93. The van der Waals surface area contributed by atoms with E-state index in [4.69, 9.17) is 9.84 Å². The normalized spacial score (nSPS) is 17.1. The smallest absolute Gasteiger partial charge is 0.335 e. The molecule has 0 bridgehead atoms. The molecule has 7 heteroatoms. The van der Waals surface area contributed by atoms with E-state index >= 15 is 0 Å². The number of carbonyl (C=O) groups is 3. The zero-order chi connectivity index (χ0) is 22.8. The summed E-state index contributed by atoms with van der Waals surface area (Å²) in [5, 5.41) is 11.9. The van der Waals surface area contributed by atoms with Crippen molar-refractivity contribution in [2.75, 3.05) is 0 Å². The van der Waals surface area contributed by atoms with Crippen LogP contribution >= 0.6 is 0 Å². The maximum Gasteiger partial charge on any atom is 0.335 e. The number of nitrogens with zero attached hydrogens (tertiary/aromatic N) is 1. The Morgan fingerprint density at radius 1 is 1.10 bits per heavy atom. The molecule has 0 spiro atoms. The van der Waals surface area contributed by atoms with Gasteiger partial charge < -0.3 is 15.2 Å². The largest absolute Gasteiger partial charge is 0.478 e. The van der Waals surface area contributed by atoms with Crippen LogP contribution in [0.1, 0.15) is 53.7 Å². The lowest BCUT2D eigenvalue weighted by molar-refractivity contribution is -0.190. The summed E-state index contributed by atoms with van der Waals surface area (Å²) in [6.07, 6.45) is 0.298. The van der Waals surface area contributed by atoms with Crippen LogP contribution in [0.3, 0.4) is 0 Å². The van der Waals surface area contributed by atoms with Crippen LogP contribution < -0.4 is 10.1 Å². The molecule has 1 atom stereocenters. The van der Waals surface area contributed by atoms with Gasteiger partial charge >= 0.3 is 12.0 Å². The molecule has 2 aromatic rings. The van der Waals surface area contributed by atoms with Gasteiger partial charge in [0.25, 0.3) is 0 Å². The van der Waals surface area contributed by atoms with E-state index in [1.807, 2.05) is 45.9 Å². The lowest BCUT2D eigenvalue weighted by Crippen LogP contribution is -2.73. The van der Waals surface area contributed by atoms with Crippen LogP contribution in [0.4, 0.5) is 4.79 Å². The maximum atomic E-state index is 13.0. The SMILES string of the molecule is CCC1(CC)C(=O)N(C(=O)NCc2ccc(C)cc2C)C1Oc1ccc(C(=O)O)cc1. The van der Waals surface area contributed by atoms with Gasteiger partial charge in [-0.25, -0.2) is 14.5 Å². The number of amides is 3. The number of hydrogen-bond donors (Lipinski definition) is 2. The van der Waals surface area contributed by atoms with Gasteiger partial charge in [-0.3, -0.25) is 4.79 Å². The van der Waals surface area contributed by atoms with Crippen LogP contribution in [0.25, 0.3) is 0 Å². The average Bonchev–Trinajstić information content (AvgIpc) is 2.74. The fraction of sp³-hybridized carbons (Fsp3) is 0.375. The number of carboxylic acid groups (broad SMARTS) is 1. The van der Waals surface area contributed by atoms with Crippen molar-refractivity contribution in [2.24, 2.45) is 5.41 Å². The molecule has 3 amide bonds. The summed E-state index contributed by atoms with van der Waals surface area (Å²) in [4.78, 5) is 38.0. The van der Waals surface area contributed by atoms with Crippen molar-refractivity contribution in [2.45, 2.75) is 53.3 Å². The van der Waals surface area contributed by atoms with E-state index < -0.39 is 23.6 Å². The van der Waals surface area contributed by atoms with Gasteiger partial charge in [0.1, 0.15) is 11.2 Å². The third-order valence-corrected chi connectivity index (χ3v) is 6.11. The van der Waals surface area contributed by atoms with Gasteiger partial charge in [0.05, 0.1) is 5.56 Å². The van der Waals surface area contributed by atoms with Crippen LogP contribution in [0.2, 0.25) is 0 Å². The molecule has 1 heterocycles. The summed E-state index contributed by atoms with van der Waals surface area (Å²) in [7, 11) is 0. The fourth-order valence-corrected chi connectivity index (χ4v) is 4.00. The number of imide groups is 1. The molecule has 0 aromatic heterocycles. The first-order valence-corrected chi connectivity index (χ1v) is 10.4. The molecule has 0 radical (unpaired) electrons. The standard InChI is InChI=1S/C24H28N2O5/c1-5-24(6-2)21(29)26(22(24)31-19-11-9-17(10-12-19)20(27)28)23(30)25-14-18-8-7-15(3)13-16(18)4/h7-13,22H,5-6,14H2,1-4H3,(H,25,30)(H,27,28). The zero-order valence-corrected chi connectivity index (χ0v) is 18.3. The Hall–Kier alpha value is -3.35. The second-order valence-electron chi connectivity index (χ2n) is 7.93. The highest BCUT2D eigenvalue weighted by atomic mass is 16.5. The van der Waals surface area contributed by atoms with Gasteiger partial charge in [-0.15, -0.1) is 0 Å². The number of aryl methyl sites for hydroxylation is 2. The van der Waals surface area contributed by atoms with E-state index in [1.54, 1.807) is 0 Å². The number of benzene rings is 2. The number of ether oxygens (including phenoxy) is 1. The molecule has 2 aromatic carbocycles. The van der Waals surface area contributed by atoms with E-state index in [-0.39, 0.29) is 11.5 Å². The molecule has 0 aliphatic carbocycles. The average molecular weight is 424 g/mol. The van der Waals surface area contributed by atoms with Crippen LogP contribution in [-0.2, 0) is 11.3 Å². The number of likely N-dealkylation sites (tertiary alicyclic amines) is 1. The van der Waals surface area contributed by atoms with Crippen molar-refractivity contribution in [3.05, 3.63) is 64.7 Å². The van der Waals surface area contributed by atoms with Crippen molar-refractivity contribution >= 4 is 17.9 Å². The fourth-order valence-electron chi connectivity index (χ4n) is 4.00. The first kappa shape index (κ1) is 22.3. The quantitative estimate of drug-likeness (QED) is 0.648. The van der Waals surface area contributed by atoms with E-state index in [9.17, 15) is 14.4 Å². The van der Waals surface area contributed by atoms with Gasteiger partial charge in [0.2, 0.25) is 5.91 Å². The summed E-state index contributed by atoms with van der Waals surface area (Å²) in [6, 6.07) is 11.4. The molecule has 7 nitrogen and oxygen atoms in total. The number of carboxylic acids is 1. The van der Waals surface area contributed by atoms with E-state index in [0.717, 1.165) is 21.6 Å². The Balaban J connectivity index is 1.77. The van der Waals surface area contributed by atoms with Crippen LogP contribution in [0.5, 0.6) is 5.75 Å². The molecule has 1 aliphatic heterocycles. The summed E-state index contributed by atoms with van der Waals surface area (Å²) in [5.41, 5.74) is 2.53.